The lowest BCUT2D eigenvalue weighted by atomic mass is 9.89. The average molecular weight is 211 g/mol. The molecule has 90 valence electrons. The zero-order chi connectivity index (χ0) is 12.2. The molecule has 0 aromatic carbocycles. The molecule has 0 aromatic heterocycles. The standard InChI is InChI=1S/C14H29N/c1-10(2)9-13(12(5)11(3)4)15-14(6,7)8/h10-11,13,15H,5,9H2,1-4,6-8H3. The Hall–Kier alpha value is -0.300. The van der Waals surface area contributed by atoms with Gasteiger partial charge in [-0.1, -0.05) is 39.8 Å². The molecule has 0 heterocycles. The van der Waals surface area contributed by atoms with Gasteiger partial charge in [-0.2, -0.15) is 0 Å². The van der Waals surface area contributed by atoms with Crippen molar-refractivity contribution in [2.45, 2.75) is 66.5 Å². The molecule has 1 atom stereocenters. The first-order valence-corrected chi connectivity index (χ1v) is 6.10. The molecule has 1 unspecified atom stereocenters. The van der Waals surface area contributed by atoms with E-state index in [0.29, 0.717) is 17.9 Å². The van der Waals surface area contributed by atoms with Crippen LogP contribution in [0.3, 0.4) is 0 Å². The lowest BCUT2D eigenvalue weighted by Crippen LogP contribution is -2.45. The summed E-state index contributed by atoms with van der Waals surface area (Å²) in [5.41, 5.74) is 1.50. The van der Waals surface area contributed by atoms with Crippen molar-refractivity contribution in [2.24, 2.45) is 11.8 Å². The summed E-state index contributed by atoms with van der Waals surface area (Å²) in [6.07, 6.45) is 1.17. The highest BCUT2D eigenvalue weighted by molar-refractivity contribution is 5.09. The molecule has 1 nitrogen and oxygen atoms in total. The molecule has 0 fully saturated rings. The predicted octanol–water partition coefficient (Wildman–Crippen LogP) is 4.00. The fraction of sp³-hybridized carbons (Fsp3) is 0.857. The first-order valence-electron chi connectivity index (χ1n) is 6.10. The topological polar surface area (TPSA) is 12.0 Å². The van der Waals surface area contributed by atoms with Gasteiger partial charge in [0, 0.05) is 11.6 Å². The Morgan fingerprint density at radius 3 is 1.87 bits per heavy atom. The first-order chi connectivity index (χ1) is 6.63. The van der Waals surface area contributed by atoms with Gasteiger partial charge in [-0.25, -0.2) is 0 Å². The predicted molar refractivity (Wildman–Crippen MR) is 70.1 cm³/mol. The van der Waals surface area contributed by atoms with Crippen molar-refractivity contribution in [3.05, 3.63) is 12.2 Å². The van der Waals surface area contributed by atoms with Gasteiger partial charge in [-0.15, -0.1) is 0 Å². The molecule has 15 heavy (non-hydrogen) atoms. The molecular weight excluding hydrogens is 182 g/mol. The minimum atomic E-state index is 0.164. The second-order valence-corrected chi connectivity index (χ2v) is 6.31. The highest BCUT2D eigenvalue weighted by Gasteiger charge is 2.21. The van der Waals surface area contributed by atoms with Crippen LogP contribution in [-0.2, 0) is 0 Å². The summed E-state index contributed by atoms with van der Waals surface area (Å²) in [4.78, 5) is 0. The van der Waals surface area contributed by atoms with E-state index in [-0.39, 0.29) is 5.54 Å². The molecule has 0 saturated carbocycles. The van der Waals surface area contributed by atoms with Crippen molar-refractivity contribution in [3.63, 3.8) is 0 Å². The quantitative estimate of drug-likeness (QED) is 0.678. The normalized spacial score (nSPS) is 14.7. The number of rotatable bonds is 5. The van der Waals surface area contributed by atoms with E-state index in [2.05, 4.69) is 60.4 Å². The van der Waals surface area contributed by atoms with E-state index in [1.807, 2.05) is 0 Å². The third-order valence-corrected chi connectivity index (χ3v) is 2.50. The first kappa shape index (κ1) is 14.7. The van der Waals surface area contributed by atoms with Crippen LogP contribution in [0.2, 0.25) is 0 Å². The van der Waals surface area contributed by atoms with Crippen LogP contribution < -0.4 is 5.32 Å². The van der Waals surface area contributed by atoms with Crippen molar-refractivity contribution < 1.29 is 0 Å². The van der Waals surface area contributed by atoms with E-state index in [0.717, 1.165) is 0 Å². The van der Waals surface area contributed by atoms with Crippen LogP contribution in [0.4, 0.5) is 0 Å². The third-order valence-electron chi connectivity index (χ3n) is 2.50. The Kier molecular flexibility index (Phi) is 5.58. The minimum Gasteiger partial charge on any atom is -0.306 e. The zero-order valence-corrected chi connectivity index (χ0v) is 11.6. The second-order valence-electron chi connectivity index (χ2n) is 6.31. The molecule has 0 aliphatic heterocycles. The van der Waals surface area contributed by atoms with E-state index in [1.165, 1.54) is 12.0 Å². The van der Waals surface area contributed by atoms with E-state index in [9.17, 15) is 0 Å². The van der Waals surface area contributed by atoms with Crippen molar-refractivity contribution in [1.82, 2.24) is 5.32 Å². The second kappa shape index (κ2) is 5.69. The van der Waals surface area contributed by atoms with Gasteiger partial charge in [-0.3, -0.25) is 0 Å². The summed E-state index contributed by atoms with van der Waals surface area (Å²) in [5.74, 6) is 1.27. The summed E-state index contributed by atoms with van der Waals surface area (Å²) in [5, 5.41) is 3.67. The lowest BCUT2D eigenvalue weighted by molar-refractivity contribution is 0.337. The monoisotopic (exact) mass is 211 g/mol. The van der Waals surface area contributed by atoms with E-state index in [4.69, 9.17) is 0 Å². The van der Waals surface area contributed by atoms with Crippen molar-refractivity contribution in [3.8, 4) is 0 Å². The van der Waals surface area contributed by atoms with E-state index < -0.39 is 0 Å². The van der Waals surface area contributed by atoms with Gasteiger partial charge >= 0.3 is 0 Å². The molecular formula is C14H29N. The molecule has 0 aromatic rings. The molecule has 0 amide bonds. The highest BCUT2D eigenvalue weighted by atomic mass is 15.0. The summed E-state index contributed by atoms with van der Waals surface area (Å²) in [6.45, 7) is 19.9. The van der Waals surface area contributed by atoms with E-state index >= 15 is 0 Å². The Bertz CT molecular complexity index is 196. The lowest BCUT2D eigenvalue weighted by Gasteiger charge is -2.32. The van der Waals surface area contributed by atoms with Crippen LogP contribution in [0.15, 0.2) is 12.2 Å². The Balaban J connectivity index is 4.52. The maximum Gasteiger partial charge on any atom is 0.0286 e. The van der Waals surface area contributed by atoms with Gasteiger partial charge in [0.1, 0.15) is 0 Å². The summed E-state index contributed by atoms with van der Waals surface area (Å²) < 4.78 is 0. The number of hydrogen-bond acceptors (Lipinski definition) is 1. The van der Waals surface area contributed by atoms with Gasteiger partial charge in [0.25, 0.3) is 0 Å². The minimum absolute atomic E-state index is 0.164. The van der Waals surface area contributed by atoms with Crippen LogP contribution in [0, 0.1) is 11.8 Å². The molecule has 0 rings (SSSR count). The molecule has 0 spiro atoms. The molecule has 0 aliphatic rings. The van der Waals surface area contributed by atoms with E-state index in [1.54, 1.807) is 0 Å². The van der Waals surface area contributed by atoms with Crippen molar-refractivity contribution >= 4 is 0 Å². The maximum atomic E-state index is 4.23. The van der Waals surface area contributed by atoms with Gasteiger partial charge in [0.05, 0.1) is 0 Å². The smallest absolute Gasteiger partial charge is 0.0286 e. The molecule has 0 aliphatic carbocycles. The van der Waals surface area contributed by atoms with Gasteiger partial charge < -0.3 is 5.32 Å². The molecule has 1 heteroatoms. The maximum absolute atomic E-state index is 4.23. The third kappa shape index (κ3) is 6.72. The molecule has 0 radical (unpaired) electrons. The average Bonchev–Trinajstić information content (AvgIpc) is 1.97. The largest absolute Gasteiger partial charge is 0.306 e. The SMILES string of the molecule is C=C(C(C)C)C(CC(C)C)NC(C)(C)C. The van der Waals surface area contributed by atoms with Crippen LogP contribution in [0.25, 0.3) is 0 Å². The van der Waals surface area contributed by atoms with Crippen molar-refractivity contribution in [2.75, 3.05) is 0 Å². The summed E-state index contributed by atoms with van der Waals surface area (Å²) in [6, 6.07) is 0.449. The van der Waals surface area contributed by atoms with Crippen LogP contribution in [0.5, 0.6) is 0 Å². The van der Waals surface area contributed by atoms with Crippen molar-refractivity contribution in [1.29, 1.82) is 0 Å². The molecule has 0 saturated heterocycles. The van der Waals surface area contributed by atoms with Gasteiger partial charge in [-0.05, 0) is 39.0 Å². The molecule has 0 bridgehead atoms. The van der Waals surface area contributed by atoms with Crippen LogP contribution >= 0.6 is 0 Å². The Morgan fingerprint density at radius 2 is 1.60 bits per heavy atom. The summed E-state index contributed by atoms with van der Waals surface area (Å²) in [7, 11) is 0. The number of hydrogen-bond donors (Lipinski definition) is 1. The van der Waals surface area contributed by atoms with Crippen LogP contribution in [0.1, 0.15) is 54.9 Å². The van der Waals surface area contributed by atoms with Gasteiger partial charge in [0.15, 0.2) is 0 Å². The Labute approximate surface area is 96.3 Å². The summed E-state index contributed by atoms with van der Waals surface area (Å²) >= 11 is 0. The number of nitrogens with one attached hydrogen (secondary N) is 1. The van der Waals surface area contributed by atoms with Gasteiger partial charge in [0.2, 0.25) is 0 Å². The Morgan fingerprint density at radius 1 is 1.13 bits per heavy atom. The van der Waals surface area contributed by atoms with Crippen LogP contribution in [-0.4, -0.2) is 11.6 Å². The highest BCUT2D eigenvalue weighted by Crippen LogP contribution is 2.20. The molecule has 1 N–H and O–H groups in total. The fourth-order valence-corrected chi connectivity index (χ4v) is 1.70. The zero-order valence-electron chi connectivity index (χ0n) is 11.6. The fourth-order valence-electron chi connectivity index (χ4n) is 1.70.